The van der Waals surface area contributed by atoms with Gasteiger partial charge in [0.15, 0.2) is 0 Å². The molecule has 1 aliphatic rings. The minimum Gasteiger partial charge on any atom is -0.395 e. The molecule has 2 aromatic rings. The van der Waals surface area contributed by atoms with E-state index >= 15 is 0 Å². The van der Waals surface area contributed by atoms with Crippen LogP contribution in [0, 0.1) is 5.82 Å². The number of carbonyl (C=O) groups is 2. The first kappa shape index (κ1) is 17.8. The van der Waals surface area contributed by atoms with Gasteiger partial charge < -0.3 is 10.0 Å². The summed E-state index contributed by atoms with van der Waals surface area (Å²) in [6.07, 6.45) is 0. The Morgan fingerprint density at radius 2 is 1.65 bits per heavy atom. The predicted octanol–water partition coefficient (Wildman–Crippen LogP) is 2.03. The van der Waals surface area contributed by atoms with Gasteiger partial charge in [-0.15, -0.1) is 0 Å². The Hall–Kier alpha value is -2.99. The third-order valence-electron chi connectivity index (χ3n) is 4.31. The number of imide groups is 1. The molecule has 0 saturated carbocycles. The Bertz CT molecular complexity index is 864. The van der Waals surface area contributed by atoms with Gasteiger partial charge in [0.1, 0.15) is 11.5 Å². The second-order valence-corrected chi connectivity index (χ2v) is 6.02. The van der Waals surface area contributed by atoms with Crippen LogP contribution in [0.1, 0.15) is 11.1 Å². The molecule has 0 unspecified atom stereocenters. The van der Waals surface area contributed by atoms with Crippen LogP contribution >= 0.6 is 0 Å². The SMILES string of the molecule is CN(CCO)C1=C(c2ccccc2)C(=O)N(Cc2ccccc2F)C1=O. The minimum absolute atomic E-state index is 0.142. The molecule has 1 aliphatic heterocycles. The van der Waals surface area contributed by atoms with Crippen molar-refractivity contribution in [3.8, 4) is 0 Å². The average Bonchev–Trinajstić information content (AvgIpc) is 2.89. The van der Waals surface area contributed by atoms with Gasteiger partial charge in [0.25, 0.3) is 11.8 Å². The van der Waals surface area contributed by atoms with Gasteiger partial charge in [0.05, 0.1) is 18.7 Å². The summed E-state index contributed by atoms with van der Waals surface area (Å²) in [7, 11) is 1.65. The third kappa shape index (κ3) is 3.23. The van der Waals surface area contributed by atoms with Crippen LogP contribution in [0.3, 0.4) is 0 Å². The molecule has 0 atom stereocenters. The highest BCUT2D eigenvalue weighted by Crippen LogP contribution is 2.32. The third-order valence-corrected chi connectivity index (χ3v) is 4.31. The molecule has 0 aromatic heterocycles. The highest BCUT2D eigenvalue weighted by molar-refractivity contribution is 6.35. The van der Waals surface area contributed by atoms with E-state index in [2.05, 4.69) is 0 Å². The van der Waals surface area contributed by atoms with Gasteiger partial charge in [-0.1, -0.05) is 48.5 Å². The number of rotatable bonds is 6. The van der Waals surface area contributed by atoms with E-state index in [4.69, 9.17) is 0 Å². The van der Waals surface area contributed by atoms with Crippen LogP contribution in [0.4, 0.5) is 4.39 Å². The molecule has 0 fully saturated rings. The van der Waals surface area contributed by atoms with Crippen LogP contribution in [0.25, 0.3) is 5.57 Å². The standard InChI is InChI=1S/C20H19FN2O3/c1-22(11-12-24)18-17(14-7-3-2-4-8-14)19(25)23(20(18)26)13-15-9-5-6-10-16(15)21/h2-10,24H,11-13H2,1H3. The summed E-state index contributed by atoms with van der Waals surface area (Å²) in [5.41, 5.74) is 1.36. The topological polar surface area (TPSA) is 60.9 Å². The molecular weight excluding hydrogens is 335 g/mol. The maximum Gasteiger partial charge on any atom is 0.278 e. The minimum atomic E-state index is -0.493. The summed E-state index contributed by atoms with van der Waals surface area (Å²) >= 11 is 0. The van der Waals surface area contributed by atoms with Gasteiger partial charge in [-0.25, -0.2) is 4.39 Å². The van der Waals surface area contributed by atoms with Crippen LogP contribution in [-0.2, 0) is 16.1 Å². The molecule has 0 saturated heterocycles. The lowest BCUT2D eigenvalue weighted by Gasteiger charge is -2.20. The van der Waals surface area contributed by atoms with Gasteiger partial charge in [0, 0.05) is 19.2 Å². The number of benzene rings is 2. The number of halogens is 1. The fourth-order valence-corrected chi connectivity index (χ4v) is 2.98. The fraction of sp³-hybridized carbons (Fsp3) is 0.200. The quantitative estimate of drug-likeness (QED) is 0.807. The number of likely N-dealkylation sites (N-methyl/N-ethyl adjacent to an activating group) is 1. The summed E-state index contributed by atoms with van der Waals surface area (Å²) in [6, 6.07) is 14.9. The molecular formula is C20H19FN2O3. The zero-order valence-corrected chi connectivity index (χ0v) is 14.4. The lowest BCUT2D eigenvalue weighted by atomic mass is 10.0. The second kappa shape index (κ2) is 7.49. The monoisotopic (exact) mass is 354 g/mol. The zero-order valence-electron chi connectivity index (χ0n) is 14.4. The van der Waals surface area contributed by atoms with Crippen LogP contribution in [0.2, 0.25) is 0 Å². The van der Waals surface area contributed by atoms with Crippen LogP contribution in [-0.4, -0.2) is 46.9 Å². The highest BCUT2D eigenvalue weighted by Gasteiger charge is 2.40. The average molecular weight is 354 g/mol. The maximum atomic E-state index is 14.0. The molecule has 134 valence electrons. The van der Waals surface area contributed by atoms with Crippen molar-refractivity contribution in [2.75, 3.05) is 20.2 Å². The molecule has 3 rings (SSSR count). The van der Waals surface area contributed by atoms with E-state index in [0.29, 0.717) is 5.56 Å². The number of aliphatic hydroxyl groups excluding tert-OH is 1. The fourth-order valence-electron chi connectivity index (χ4n) is 2.98. The number of nitrogens with zero attached hydrogens (tertiary/aromatic N) is 2. The largest absolute Gasteiger partial charge is 0.395 e. The van der Waals surface area contributed by atoms with E-state index < -0.39 is 17.6 Å². The molecule has 0 spiro atoms. The molecule has 0 bridgehead atoms. The summed E-state index contributed by atoms with van der Waals surface area (Å²) in [5.74, 6) is -1.43. The lowest BCUT2D eigenvalue weighted by molar-refractivity contribution is -0.138. The predicted molar refractivity (Wildman–Crippen MR) is 95.0 cm³/mol. The molecule has 1 heterocycles. The van der Waals surface area contributed by atoms with Crippen molar-refractivity contribution >= 4 is 17.4 Å². The first-order valence-corrected chi connectivity index (χ1v) is 8.26. The molecule has 2 amide bonds. The number of carbonyl (C=O) groups excluding carboxylic acids is 2. The summed E-state index contributed by atoms with van der Waals surface area (Å²) in [4.78, 5) is 28.5. The molecule has 0 aliphatic carbocycles. The van der Waals surface area contributed by atoms with Crippen molar-refractivity contribution in [3.63, 3.8) is 0 Å². The van der Waals surface area contributed by atoms with E-state index in [1.807, 2.05) is 6.07 Å². The van der Waals surface area contributed by atoms with Crippen LogP contribution < -0.4 is 0 Å². The molecule has 6 heteroatoms. The smallest absolute Gasteiger partial charge is 0.278 e. The van der Waals surface area contributed by atoms with E-state index in [1.165, 1.54) is 6.07 Å². The van der Waals surface area contributed by atoms with E-state index in [9.17, 15) is 19.1 Å². The second-order valence-electron chi connectivity index (χ2n) is 6.02. The van der Waals surface area contributed by atoms with Crippen molar-refractivity contribution in [1.29, 1.82) is 0 Å². The van der Waals surface area contributed by atoms with Crippen LogP contribution in [0.15, 0.2) is 60.3 Å². The highest BCUT2D eigenvalue weighted by atomic mass is 19.1. The Balaban J connectivity index is 2.02. The first-order chi connectivity index (χ1) is 12.5. The van der Waals surface area contributed by atoms with E-state index in [0.717, 1.165) is 4.90 Å². The van der Waals surface area contributed by atoms with Crippen molar-refractivity contribution < 1.29 is 19.1 Å². The number of hydrogen-bond donors (Lipinski definition) is 1. The van der Waals surface area contributed by atoms with E-state index in [1.54, 1.807) is 54.4 Å². The lowest BCUT2D eigenvalue weighted by Crippen LogP contribution is -2.34. The number of hydrogen-bond acceptors (Lipinski definition) is 4. The molecule has 1 N–H and O–H groups in total. The number of aliphatic hydroxyl groups is 1. The van der Waals surface area contributed by atoms with Crippen LogP contribution in [0.5, 0.6) is 0 Å². The Labute approximate surface area is 151 Å². The maximum absolute atomic E-state index is 14.0. The van der Waals surface area contributed by atoms with Gasteiger partial charge in [-0.05, 0) is 11.6 Å². The summed E-state index contributed by atoms with van der Waals surface area (Å²) < 4.78 is 14.0. The molecule has 5 nitrogen and oxygen atoms in total. The van der Waals surface area contributed by atoms with Crippen molar-refractivity contribution in [3.05, 3.63) is 77.2 Å². The normalized spacial score (nSPS) is 14.3. The molecule has 26 heavy (non-hydrogen) atoms. The zero-order chi connectivity index (χ0) is 18.7. The van der Waals surface area contributed by atoms with Crippen molar-refractivity contribution in [2.24, 2.45) is 0 Å². The van der Waals surface area contributed by atoms with Crippen molar-refractivity contribution in [1.82, 2.24) is 9.80 Å². The molecule has 2 aromatic carbocycles. The first-order valence-electron chi connectivity index (χ1n) is 8.26. The van der Waals surface area contributed by atoms with Gasteiger partial charge in [0.2, 0.25) is 0 Å². The van der Waals surface area contributed by atoms with Crippen molar-refractivity contribution in [2.45, 2.75) is 6.54 Å². The Kier molecular flexibility index (Phi) is 5.14. The Morgan fingerprint density at radius 1 is 1.00 bits per heavy atom. The van der Waals surface area contributed by atoms with Gasteiger partial charge >= 0.3 is 0 Å². The van der Waals surface area contributed by atoms with Gasteiger partial charge in [-0.3, -0.25) is 14.5 Å². The Morgan fingerprint density at radius 3 is 2.31 bits per heavy atom. The van der Waals surface area contributed by atoms with E-state index in [-0.39, 0.29) is 36.5 Å². The number of amides is 2. The summed E-state index contributed by atoms with van der Waals surface area (Å²) in [6.45, 7) is -0.0911. The summed E-state index contributed by atoms with van der Waals surface area (Å²) in [5, 5.41) is 9.22. The molecule has 0 radical (unpaired) electrons. The van der Waals surface area contributed by atoms with Gasteiger partial charge in [-0.2, -0.15) is 0 Å².